The van der Waals surface area contributed by atoms with Crippen molar-refractivity contribution >= 4 is 35.2 Å². The molecule has 0 spiro atoms. The predicted octanol–water partition coefficient (Wildman–Crippen LogP) is 2.31. The maximum absolute atomic E-state index is 13.9. The van der Waals surface area contributed by atoms with Crippen LogP contribution in [0.5, 0.6) is 5.75 Å². The molecule has 3 amide bonds. The number of carbonyl (C=O) groups excluding carboxylic acids is 5. The van der Waals surface area contributed by atoms with Crippen LogP contribution in [0.15, 0.2) is 47.6 Å². The highest BCUT2D eigenvalue weighted by atomic mass is 16.7. The number of carbonyl (C=O) groups is 5. The molecule has 7 atom stereocenters. The second-order valence-electron chi connectivity index (χ2n) is 15.1. The third-order valence-corrected chi connectivity index (χ3v) is 11.0. The fourth-order valence-electron chi connectivity index (χ4n) is 7.85. The lowest BCUT2D eigenvalue weighted by Crippen LogP contribution is -2.53. The van der Waals surface area contributed by atoms with Crippen LogP contribution in [0.3, 0.4) is 0 Å². The minimum Gasteiger partial charge on any atom is -0.496 e. The maximum Gasteiger partial charge on any atom is 0.426 e. The van der Waals surface area contributed by atoms with Crippen LogP contribution in [-0.2, 0) is 30.2 Å². The summed E-state index contributed by atoms with van der Waals surface area (Å²) < 4.78 is 23.0. The van der Waals surface area contributed by atoms with Gasteiger partial charge in [-0.3, -0.25) is 24.6 Å². The average molecular weight is 806 g/mol. The van der Waals surface area contributed by atoms with Crippen molar-refractivity contribution in [3.05, 3.63) is 75.9 Å². The normalized spacial score (nSPS) is 27.4. The number of methoxy groups -OCH3 is 1. The van der Waals surface area contributed by atoms with Gasteiger partial charge in [-0.25, -0.2) is 15.6 Å². The van der Waals surface area contributed by atoms with Crippen LogP contribution in [0, 0.1) is 0 Å². The number of nitrogens with two attached hydrogens (primary N) is 1. The highest BCUT2D eigenvalue weighted by Crippen LogP contribution is 2.44. The third-order valence-electron chi connectivity index (χ3n) is 11.0. The first kappa shape index (κ1) is 42.6. The van der Waals surface area contributed by atoms with E-state index in [2.05, 4.69) is 21.4 Å². The molecule has 2 aromatic rings. The molecule has 58 heavy (non-hydrogen) atoms. The van der Waals surface area contributed by atoms with Gasteiger partial charge >= 0.3 is 6.09 Å². The fourth-order valence-corrected chi connectivity index (χ4v) is 7.85. The van der Waals surface area contributed by atoms with Crippen LogP contribution >= 0.6 is 0 Å². The largest absolute Gasteiger partial charge is 0.496 e. The van der Waals surface area contributed by atoms with Crippen LogP contribution in [0.4, 0.5) is 4.79 Å². The van der Waals surface area contributed by atoms with E-state index in [1.165, 1.54) is 13.2 Å². The second kappa shape index (κ2) is 18.7. The molecule has 312 valence electrons. The molecule has 1 saturated heterocycles. The number of nitrogens with one attached hydrogen (secondary N) is 3. The molecule has 3 aliphatic carbocycles. The van der Waals surface area contributed by atoms with Gasteiger partial charge in [0.2, 0.25) is 11.8 Å². The molecule has 1 heterocycles. The topological polar surface area (TPSA) is 257 Å². The van der Waals surface area contributed by atoms with Gasteiger partial charge in [-0.2, -0.15) is 5.10 Å². The van der Waals surface area contributed by atoms with Gasteiger partial charge in [-0.05, 0) is 74.4 Å². The number of hydrogen-bond acceptors (Lipinski definition) is 14. The molecule has 17 heteroatoms. The van der Waals surface area contributed by atoms with E-state index in [4.69, 9.17) is 24.7 Å². The molecule has 1 fully saturated rings. The summed E-state index contributed by atoms with van der Waals surface area (Å²) in [5.74, 6) is -1.75. The van der Waals surface area contributed by atoms with Crippen LogP contribution in [-0.4, -0.2) is 100 Å². The summed E-state index contributed by atoms with van der Waals surface area (Å²) in [6.07, 6.45) is 3.32. The van der Waals surface area contributed by atoms with Crippen LogP contribution in [0.2, 0.25) is 0 Å². The zero-order chi connectivity index (χ0) is 41.6. The number of benzene rings is 2. The van der Waals surface area contributed by atoms with Crippen LogP contribution in [0.1, 0.15) is 120 Å². The van der Waals surface area contributed by atoms with Crippen molar-refractivity contribution in [1.82, 2.24) is 16.3 Å². The van der Waals surface area contributed by atoms with Gasteiger partial charge in [0.1, 0.15) is 17.5 Å². The number of allylic oxidation sites excluding steroid dienone is 1. The van der Waals surface area contributed by atoms with Crippen molar-refractivity contribution in [3.8, 4) is 5.75 Å². The molecule has 8 N–H and O–H groups in total. The summed E-state index contributed by atoms with van der Waals surface area (Å²) in [4.78, 5) is 65.0. The molecule has 0 bridgehead atoms. The van der Waals surface area contributed by atoms with E-state index in [0.29, 0.717) is 17.5 Å². The Morgan fingerprint density at radius 1 is 1.03 bits per heavy atom. The fraction of sp³-hybridized carbons (Fsp3) is 0.512. The van der Waals surface area contributed by atoms with Crippen molar-refractivity contribution in [2.24, 2.45) is 10.8 Å². The van der Waals surface area contributed by atoms with Crippen LogP contribution in [0.25, 0.3) is 0 Å². The maximum atomic E-state index is 13.9. The average Bonchev–Trinajstić information content (AvgIpc) is 3.18. The lowest BCUT2D eigenvalue weighted by Gasteiger charge is -2.42. The zero-order valence-corrected chi connectivity index (χ0v) is 32.5. The van der Waals surface area contributed by atoms with E-state index in [0.717, 1.165) is 25.7 Å². The van der Waals surface area contributed by atoms with Crippen molar-refractivity contribution in [2.75, 3.05) is 13.7 Å². The van der Waals surface area contributed by atoms with E-state index in [-0.39, 0.29) is 78.3 Å². The first-order valence-electron chi connectivity index (χ1n) is 19.6. The Morgan fingerprint density at radius 2 is 1.81 bits per heavy atom. The Labute approximate surface area is 335 Å². The molecule has 1 aliphatic heterocycles. The number of aliphatic hydroxyl groups is 3. The standard InChI is InChI=1S/C41H51N5O12/c1-22-37(50)29(42)18-35(56-22)58-31-20-41(54,19-23-16-27-28(17-26(23)31)39(52)36-25(38(27)51)12-8-13-30(36)55-2)32(21-47)43-44-33(48)14-9-15-34(49)45-46-40(53)57-24-10-6-4-3-5-7-11-24/h6,8,10,12-13,16-17,22,24,29,31,35,37,47,50,54H,3-5,7,9,11,14-15,18-21,42H2,1-2H3,(H,44,48)(H,45,49)(H,46,53)/b10-6+,43-32-/t22-,24?,29-,31-,35-,37+,41-/m0/s1. The second-order valence-corrected chi connectivity index (χ2v) is 15.1. The quantitative estimate of drug-likeness (QED) is 0.0835. The van der Waals surface area contributed by atoms with Crippen LogP contribution < -0.4 is 26.7 Å². The lowest BCUT2D eigenvalue weighted by atomic mass is 9.73. The Hall–Kier alpha value is -5.04. The van der Waals surface area contributed by atoms with Gasteiger partial charge in [0, 0.05) is 54.8 Å². The first-order chi connectivity index (χ1) is 27.8. The van der Waals surface area contributed by atoms with Crippen molar-refractivity contribution in [3.63, 3.8) is 0 Å². The molecule has 0 saturated carbocycles. The Morgan fingerprint density at radius 3 is 2.57 bits per heavy atom. The molecule has 1 unspecified atom stereocenters. The number of hydrazine groups is 1. The van der Waals surface area contributed by atoms with Crippen molar-refractivity contribution in [1.29, 1.82) is 0 Å². The Balaban J connectivity index is 1.14. The minimum absolute atomic E-state index is 0.0841. The molecule has 6 rings (SSSR count). The number of hydrazone groups is 1. The number of fused-ring (bicyclic) bond motifs is 3. The summed E-state index contributed by atoms with van der Waals surface area (Å²) in [6.45, 7) is 0.872. The highest BCUT2D eigenvalue weighted by Gasteiger charge is 2.46. The number of nitrogens with zero attached hydrogens (tertiary/aromatic N) is 1. The smallest absolute Gasteiger partial charge is 0.426 e. The number of ether oxygens (including phenoxy) is 4. The number of hydrogen-bond donors (Lipinski definition) is 7. The third kappa shape index (κ3) is 9.62. The van der Waals surface area contributed by atoms with Gasteiger partial charge in [-0.15, -0.1) is 0 Å². The molecule has 4 aliphatic rings. The molecule has 2 aromatic carbocycles. The summed E-state index contributed by atoms with van der Waals surface area (Å²) in [5, 5.41) is 37.1. The molecule has 17 nitrogen and oxygen atoms in total. The summed E-state index contributed by atoms with van der Waals surface area (Å²) in [7, 11) is 1.41. The van der Waals surface area contributed by atoms with E-state index < -0.39 is 72.3 Å². The SMILES string of the molecule is COc1cccc2c1C(=O)c1cc3c(cc1C2=O)C[C@@](O)(/C(CO)=N\NC(=O)CCCC(=O)NNC(=O)OC1/C=C/CCCCC1)C[C@@H]3O[C@H]1C[C@H](N)[C@H](O)[C@H](C)O1. The number of aliphatic hydroxyl groups excluding tert-OH is 2. The zero-order valence-electron chi connectivity index (χ0n) is 32.5. The van der Waals surface area contributed by atoms with E-state index in [1.54, 1.807) is 31.2 Å². The van der Waals surface area contributed by atoms with E-state index >= 15 is 0 Å². The number of rotatable bonds is 11. The molecule has 0 radical (unpaired) electrons. The molecular weight excluding hydrogens is 754 g/mol. The van der Waals surface area contributed by atoms with Crippen molar-refractivity contribution < 1.29 is 58.2 Å². The predicted molar refractivity (Wildman–Crippen MR) is 207 cm³/mol. The summed E-state index contributed by atoms with van der Waals surface area (Å²) in [5.41, 5.74) is 12.3. The highest BCUT2D eigenvalue weighted by molar-refractivity contribution is 6.29. The van der Waals surface area contributed by atoms with Gasteiger partial charge in [-0.1, -0.05) is 24.6 Å². The lowest BCUT2D eigenvalue weighted by molar-refractivity contribution is -0.245. The summed E-state index contributed by atoms with van der Waals surface area (Å²) in [6, 6.07) is 7.16. The monoisotopic (exact) mass is 805 g/mol. The minimum atomic E-state index is -1.93. The first-order valence-corrected chi connectivity index (χ1v) is 19.6. The van der Waals surface area contributed by atoms with Gasteiger partial charge in [0.25, 0.3) is 0 Å². The van der Waals surface area contributed by atoms with Gasteiger partial charge < -0.3 is 40.0 Å². The van der Waals surface area contributed by atoms with E-state index in [9.17, 15) is 39.3 Å². The van der Waals surface area contributed by atoms with Crippen molar-refractivity contribution in [2.45, 2.75) is 120 Å². The van der Waals surface area contributed by atoms with Gasteiger partial charge in [0.15, 0.2) is 17.9 Å². The molecule has 0 aromatic heterocycles. The number of amides is 3. The molecular formula is C41H51N5O12. The Bertz CT molecular complexity index is 1960. The van der Waals surface area contributed by atoms with E-state index in [1.807, 2.05) is 12.2 Å². The summed E-state index contributed by atoms with van der Waals surface area (Å²) >= 11 is 0. The van der Waals surface area contributed by atoms with Gasteiger partial charge in [0.05, 0.1) is 43.3 Å². The Kier molecular flexibility index (Phi) is 13.7. The number of ketones is 2.